The lowest BCUT2D eigenvalue weighted by Gasteiger charge is -2.30. The Balaban J connectivity index is 0.00000364. The van der Waals surface area contributed by atoms with Gasteiger partial charge in [0, 0.05) is 39.2 Å². The standard InChI is InChI=1S/C20H40N4O2.HI/c1-4-21-20(22-10-6-18-7-11-23(5-2)12-8-18)24-13-9-19(16-24)17-26-15-14-25-3;/h18-19H,4-17H2,1-3H3,(H,21,22);1H. The molecule has 0 bridgehead atoms. The summed E-state index contributed by atoms with van der Waals surface area (Å²) in [4.78, 5) is 9.90. The van der Waals surface area contributed by atoms with Crippen molar-refractivity contribution in [2.75, 3.05) is 72.7 Å². The van der Waals surface area contributed by atoms with Crippen LogP contribution in [0.1, 0.15) is 39.5 Å². The highest BCUT2D eigenvalue weighted by Crippen LogP contribution is 2.21. The maximum absolute atomic E-state index is 5.71. The van der Waals surface area contributed by atoms with Gasteiger partial charge in [-0.15, -0.1) is 24.0 Å². The smallest absolute Gasteiger partial charge is 0.193 e. The van der Waals surface area contributed by atoms with Gasteiger partial charge in [-0.1, -0.05) is 6.92 Å². The first-order valence-corrected chi connectivity index (χ1v) is 10.6. The van der Waals surface area contributed by atoms with E-state index >= 15 is 0 Å². The molecule has 0 aromatic rings. The van der Waals surface area contributed by atoms with Crippen LogP contribution in [0.3, 0.4) is 0 Å². The van der Waals surface area contributed by atoms with E-state index in [-0.39, 0.29) is 24.0 Å². The number of guanidine groups is 1. The highest BCUT2D eigenvalue weighted by atomic mass is 127. The zero-order valence-corrected chi connectivity index (χ0v) is 20.0. The highest BCUT2D eigenvalue weighted by Gasteiger charge is 2.25. The molecule has 0 aromatic heterocycles. The number of piperidine rings is 1. The third-order valence-electron chi connectivity index (χ3n) is 5.66. The predicted octanol–water partition coefficient (Wildman–Crippen LogP) is 2.68. The van der Waals surface area contributed by atoms with Crippen LogP contribution >= 0.6 is 24.0 Å². The number of hydrogen-bond donors (Lipinski definition) is 1. The van der Waals surface area contributed by atoms with Crippen molar-refractivity contribution in [2.45, 2.75) is 39.5 Å². The monoisotopic (exact) mass is 496 g/mol. The molecule has 2 aliphatic heterocycles. The van der Waals surface area contributed by atoms with Crippen LogP contribution in [0.15, 0.2) is 4.99 Å². The highest BCUT2D eigenvalue weighted by molar-refractivity contribution is 14.0. The van der Waals surface area contributed by atoms with E-state index in [0.717, 1.165) is 44.7 Å². The largest absolute Gasteiger partial charge is 0.382 e. The van der Waals surface area contributed by atoms with Gasteiger partial charge in [-0.3, -0.25) is 4.99 Å². The van der Waals surface area contributed by atoms with Gasteiger partial charge in [0.15, 0.2) is 5.96 Å². The molecule has 2 saturated heterocycles. The molecule has 0 radical (unpaired) electrons. The molecule has 2 heterocycles. The van der Waals surface area contributed by atoms with Crippen LogP contribution in [0.25, 0.3) is 0 Å². The van der Waals surface area contributed by atoms with Gasteiger partial charge < -0.3 is 24.6 Å². The van der Waals surface area contributed by atoms with Crippen molar-refractivity contribution in [1.29, 1.82) is 0 Å². The minimum Gasteiger partial charge on any atom is -0.382 e. The normalized spacial score (nSPS) is 22.1. The summed E-state index contributed by atoms with van der Waals surface area (Å²) in [5.41, 5.74) is 0. The van der Waals surface area contributed by atoms with Crippen LogP contribution in [0.2, 0.25) is 0 Å². The molecule has 1 unspecified atom stereocenters. The third-order valence-corrected chi connectivity index (χ3v) is 5.66. The molecule has 2 fully saturated rings. The lowest BCUT2D eigenvalue weighted by Crippen LogP contribution is -2.40. The molecular formula is C20H41IN4O2. The Kier molecular flexibility index (Phi) is 13.7. The second-order valence-electron chi connectivity index (χ2n) is 7.57. The van der Waals surface area contributed by atoms with Crippen molar-refractivity contribution in [3.63, 3.8) is 0 Å². The van der Waals surface area contributed by atoms with E-state index in [4.69, 9.17) is 14.5 Å². The van der Waals surface area contributed by atoms with Gasteiger partial charge in [-0.2, -0.15) is 0 Å². The van der Waals surface area contributed by atoms with Crippen LogP contribution in [0, 0.1) is 11.8 Å². The molecule has 1 atom stereocenters. The first-order valence-electron chi connectivity index (χ1n) is 10.6. The van der Waals surface area contributed by atoms with Crippen molar-refractivity contribution < 1.29 is 9.47 Å². The maximum Gasteiger partial charge on any atom is 0.193 e. The Morgan fingerprint density at radius 1 is 1.07 bits per heavy atom. The quantitative estimate of drug-likeness (QED) is 0.218. The summed E-state index contributed by atoms with van der Waals surface area (Å²) < 4.78 is 10.7. The minimum atomic E-state index is 0. The summed E-state index contributed by atoms with van der Waals surface area (Å²) in [5, 5.41) is 3.48. The van der Waals surface area contributed by atoms with Gasteiger partial charge in [0.1, 0.15) is 0 Å². The van der Waals surface area contributed by atoms with E-state index in [0.29, 0.717) is 19.1 Å². The van der Waals surface area contributed by atoms with Gasteiger partial charge in [0.2, 0.25) is 0 Å². The average Bonchev–Trinajstić information content (AvgIpc) is 3.14. The summed E-state index contributed by atoms with van der Waals surface area (Å²) in [5.74, 6) is 2.55. The Morgan fingerprint density at radius 3 is 2.48 bits per heavy atom. The first-order chi connectivity index (χ1) is 12.8. The summed E-state index contributed by atoms with van der Waals surface area (Å²) in [6.07, 6.45) is 5.09. The minimum absolute atomic E-state index is 0. The number of aliphatic imine (C=N–C) groups is 1. The van der Waals surface area contributed by atoms with E-state index < -0.39 is 0 Å². The third kappa shape index (κ3) is 9.28. The Morgan fingerprint density at radius 2 is 1.81 bits per heavy atom. The molecule has 0 saturated carbocycles. The fourth-order valence-corrected chi connectivity index (χ4v) is 3.92. The Hall–Kier alpha value is -0.120. The van der Waals surface area contributed by atoms with Crippen LogP contribution in [0.5, 0.6) is 0 Å². The molecule has 0 aliphatic carbocycles. The molecule has 0 amide bonds. The summed E-state index contributed by atoms with van der Waals surface area (Å²) in [6, 6.07) is 0. The topological polar surface area (TPSA) is 49.3 Å². The van der Waals surface area contributed by atoms with Gasteiger partial charge in [0.05, 0.1) is 19.8 Å². The fraction of sp³-hybridized carbons (Fsp3) is 0.950. The van der Waals surface area contributed by atoms with Gasteiger partial charge >= 0.3 is 0 Å². The van der Waals surface area contributed by atoms with E-state index in [1.807, 2.05) is 0 Å². The zero-order chi connectivity index (χ0) is 18.6. The first kappa shape index (κ1) is 24.9. The maximum atomic E-state index is 5.71. The molecule has 0 spiro atoms. The average molecular weight is 496 g/mol. The lowest BCUT2D eigenvalue weighted by molar-refractivity contribution is 0.0536. The molecule has 6 nitrogen and oxygen atoms in total. The van der Waals surface area contributed by atoms with Crippen LogP contribution in [-0.4, -0.2) is 88.5 Å². The number of rotatable bonds is 10. The number of nitrogens with one attached hydrogen (secondary N) is 1. The Bertz CT molecular complexity index is 403. The molecule has 2 aliphatic rings. The number of hydrogen-bond acceptors (Lipinski definition) is 4. The van der Waals surface area contributed by atoms with Crippen molar-refractivity contribution in [2.24, 2.45) is 16.8 Å². The van der Waals surface area contributed by atoms with E-state index in [9.17, 15) is 0 Å². The van der Waals surface area contributed by atoms with Crippen molar-refractivity contribution >= 4 is 29.9 Å². The van der Waals surface area contributed by atoms with Crippen molar-refractivity contribution in [3.05, 3.63) is 0 Å². The molecule has 1 N–H and O–H groups in total. The van der Waals surface area contributed by atoms with E-state index in [1.54, 1.807) is 7.11 Å². The summed E-state index contributed by atoms with van der Waals surface area (Å²) >= 11 is 0. The molecule has 160 valence electrons. The molecular weight excluding hydrogens is 455 g/mol. The van der Waals surface area contributed by atoms with E-state index in [2.05, 4.69) is 29.0 Å². The van der Waals surface area contributed by atoms with Crippen LogP contribution < -0.4 is 5.32 Å². The number of likely N-dealkylation sites (tertiary alicyclic amines) is 2. The second kappa shape index (κ2) is 14.8. The van der Waals surface area contributed by atoms with Gasteiger partial charge in [0.25, 0.3) is 0 Å². The number of ether oxygens (including phenoxy) is 2. The van der Waals surface area contributed by atoms with Gasteiger partial charge in [-0.05, 0) is 58.2 Å². The Labute approximate surface area is 183 Å². The SMILES string of the molecule is CCNC(=NCCC1CCN(CC)CC1)N1CCC(COCCOC)C1.I. The number of nitrogens with zero attached hydrogens (tertiary/aromatic N) is 3. The molecule has 0 aromatic carbocycles. The molecule has 2 rings (SSSR count). The number of methoxy groups -OCH3 is 1. The fourth-order valence-electron chi connectivity index (χ4n) is 3.92. The predicted molar refractivity (Wildman–Crippen MR) is 123 cm³/mol. The summed E-state index contributed by atoms with van der Waals surface area (Å²) in [7, 11) is 1.72. The van der Waals surface area contributed by atoms with Gasteiger partial charge in [-0.25, -0.2) is 0 Å². The van der Waals surface area contributed by atoms with Crippen LogP contribution in [-0.2, 0) is 9.47 Å². The lowest BCUT2D eigenvalue weighted by atomic mass is 9.94. The van der Waals surface area contributed by atoms with Crippen molar-refractivity contribution in [3.8, 4) is 0 Å². The van der Waals surface area contributed by atoms with E-state index in [1.165, 1.54) is 45.3 Å². The second-order valence-corrected chi connectivity index (χ2v) is 7.57. The molecule has 27 heavy (non-hydrogen) atoms. The molecule has 7 heteroatoms. The zero-order valence-electron chi connectivity index (χ0n) is 17.6. The number of halogens is 1. The van der Waals surface area contributed by atoms with Crippen molar-refractivity contribution in [1.82, 2.24) is 15.1 Å². The van der Waals surface area contributed by atoms with Crippen LogP contribution in [0.4, 0.5) is 0 Å². The summed E-state index contributed by atoms with van der Waals surface area (Å²) in [6.45, 7) is 14.3.